The Hall–Kier alpha value is -3.16. The van der Waals surface area contributed by atoms with Gasteiger partial charge in [-0.2, -0.15) is 8.78 Å². The van der Waals surface area contributed by atoms with Gasteiger partial charge in [-0.05, 0) is 55.7 Å². The largest absolute Gasteiger partial charge is 0.496 e. The number of carbonyl (C=O) groups is 1. The number of carbonyl (C=O) groups excluding carboxylic acids is 1. The third-order valence-electron chi connectivity index (χ3n) is 6.44. The van der Waals surface area contributed by atoms with Crippen LogP contribution in [-0.4, -0.2) is 35.5 Å². The third kappa shape index (κ3) is 4.65. The average Bonchev–Trinajstić information content (AvgIpc) is 3.46. The number of benzene rings is 1. The molecule has 0 radical (unpaired) electrons. The Morgan fingerprint density at radius 3 is 2.61 bits per heavy atom. The van der Waals surface area contributed by atoms with Crippen molar-refractivity contribution < 1.29 is 27.8 Å². The summed E-state index contributed by atoms with van der Waals surface area (Å²) < 4.78 is 44.3. The molecule has 0 unspecified atom stereocenters. The fraction of sp³-hybridized carbons (Fsp3) is 0.440. The van der Waals surface area contributed by atoms with Gasteiger partial charge in [0.05, 0.1) is 25.6 Å². The lowest BCUT2D eigenvalue weighted by Crippen LogP contribution is -2.19. The number of alkyl halides is 2. The summed E-state index contributed by atoms with van der Waals surface area (Å²) in [7, 11) is 1.42. The van der Waals surface area contributed by atoms with Crippen LogP contribution in [0.3, 0.4) is 0 Å². The zero-order valence-electron chi connectivity index (χ0n) is 18.4. The number of imidazole rings is 1. The minimum atomic E-state index is -3.06. The van der Waals surface area contributed by atoms with Crippen LogP contribution in [0.1, 0.15) is 48.9 Å². The number of hydrogen-bond donors (Lipinski definition) is 0. The van der Waals surface area contributed by atoms with E-state index in [-0.39, 0.29) is 22.8 Å². The second kappa shape index (κ2) is 9.00. The Balaban J connectivity index is 1.48. The van der Waals surface area contributed by atoms with Crippen LogP contribution in [0.5, 0.6) is 17.2 Å². The van der Waals surface area contributed by atoms with Crippen LogP contribution >= 0.6 is 0 Å². The zero-order chi connectivity index (χ0) is 22.9. The fourth-order valence-electron chi connectivity index (χ4n) is 4.19. The van der Waals surface area contributed by atoms with Crippen molar-refractivity contribution in [2.45, 2.75) is 45.1 Å². The van der Waals surface area contributed by atoms with E-state index in [1.807, 2.05) is 22.7 Å². The first-order valence-electron chi connectivity index (χ1n) is 11.3. The second-order valence-corrected chi connectivity index (χ2v) is 8.84. The highest BCUT2D eigenvalue weighted by molar-refractivity contribution is 6.02. The topological polar surface area (TPSA) is 62.1 Å². The minimum absolute atomic E-state index is 0.0638. The number of Topliss-reactive ketones (excluding diaryl/α,β-unsaturated/α-hetero) is 1. The summed E-state index contributed by atoms with van der Waals surface area (Å²) in [6, 6.07) is 6.84. The number of nitrogens with zero attached hydrogens (tertiary/aromatic N) is 2. The Kier molecular flexibility index (Phi) is 5.91. The van der Waals surface area contributed by atoms with E-state index in [4.69, 9.17) is 14.2 Å². The van der Waals surface area contributed by atoms with Crippen LogP contribution in [0.4, 0.5) is 8.78 Å². The number of fused-ring (bicyclic) bond motifs is 1. The van der Waals surface area contributed by atoms with Crippen molar-refractivity contribution in [3.63, 3.8) is 0 Å². The van der Waals surface area contributed by atoms with Crippen molar-refractivity contribution >= 4 is 11.4 Å². The van der Waals surface area contributed by atoms with Crippen LogP contribution in [0.2, 0.25) is 0 Å². The molecule has 6 nitrogen and oxygen atoms in total. The highest BCUT2D eigenvalue weighted by atomic mass is 19.3. The first-order valence-corrected chi connectivity index (χ1v) is 11.3. The monoisotopic (exact) mass is 456 g/mol. The lowest BCUT2D eigenvalue weighted by atomic mass is 9.86. The summed E-state index contributed by atoms with van der Waals surface area (Å²) in [5, 5.41) is 0. The van der Waals surface area contributed by atoms with Gasteiger partial charge >= 0.3 is 6.61 Å². The number of ketones is 1. The van der Waals surface area contributed by atoms with Crippen molar-refractivity contribution in [2.75, 3.05) is 13.7 Å². The van der Waals surface area contributed by atoms with Gasteiger partial charge in [-0.1, -0.05) is 6.42 Å². The molecule has 2 saturated carbocycles. The highest BCUT2D eigenvalue weighted by Gasteiger charge is 2.30. The molecule has 0 atom stereocenters. The maximum Gasteiger partial charge on any atom is 0.387 e. The van der Waals surface area contributed by atoms with Gasteiger partial charge in [-0.15, -0.1) is 0 Å². The first-order chi connectivity index (χ1) is 16.0. The van der Waals surface area contributed by atoms with Crippen molar-refractivity contribution in [3.05, 3.63) is 42.2 Å². The molecule has 0 N–H and O–H groups in total. The molecule has 8 heteroatoms. The maximum absolute atomic E-state index is 13.2. The zero-order valence-corrected chi connectivity index (χ0v) is 18.4. The second-order valence-electron chi connectivity index (χ2n) is 8.84. The summed E-state index contributed by atoms with van der Waals surface area (Å²) in [5.74, 6) is 1.46. The van der Waals surface area contributed by atoms with E-state index in [0.717, 1.165) is 18.6 Å². The van der Waals surface area contributed by atoms with E-state index in [9.17, 15) is 13.6 Å². The quantitative estimate of drug-likeness (QED) is 0.362. The molecule has 0 saturated heterocycles. The van der Waals surface area contributed by atoms with Gasteiger partial charge in [-0.25, -0.2) is 4.98 Å². The fourth-order valence-corrected chi connectivity index (χ4v) is 4.19. The van der Waals surface area contributed by atoms with Gasteiger partial charge in [0.1, 0.15) is 28.5 Å². The molecule has 2 aliphatic carbocycles. The Morgan fingerprint density at radius 2 is 1.94 bits per heavy atom. The van der Waals surface area contributed by atoms with Crippen LogP contribution in [0, 0.1) is 11.8 Å². The van der Waals surface area contributed by atoms with Crippen molar-refractivity contribution in [2.24, 2.45) is 11.8 Å². The Bertz CT molecular complexity index is 1170. The molecule has 0 amide bonds. The molecule has 0 aliphatic heterocycles. The summed E-state index contributed by atoms with van der Waals surface area (Å²) in [5.41, 5.74) is 1.95. The SMILES string of the molecule is COc1cc(-c2cnc3cc(OCC4CCC4)ccn23)cc(OC(F)F)c1C(=O)CC1CC1. The van der Waals surface area contributed by atoms with Crippen LogP contribution in [-0.2, 0) is 0 Å². The molecular weight excluding hydrogens is 430 g/mol. The van der Waals surface area contributed by atoms with Crippen molar-refractivity contribution in [3.8, 4) is 28.5 Å². The number of halogens is 2. The summed E-state index contributed by atoms with van der Waals surface area (Å²) in [6.45, 7) is -2.36. The van der Waals surface area contributed by atoms with Crippen LogP contribution in [0.25, 0.3) is 16.9 Å². The van der Waals surface area contributed by atoms with E-state index in [2.05, 4.69) is 4.98 Å². The van der Waals surface area contributed by atoms with E-state index in [1.165, 1.54) is 32.4 Å². The lowest BCUT2D eigenvalue weighted by Gasteiger charge is -2.25. The molecular formula is C25H26F2N2O4. The standard InChI is InChI=1S/C25H26F2N2O4/c1-31-21-10-17(11-22(33-25(26)27)24(21)20(30)9-15-5-6-15)19-13-28-23-12-18(7-8-29(19)23)32-14-16-3-2-4-16/h7-8,10-13,15-16,25H,2-6,9,14H2,1H3. The molecule has 1 aromatic carbocycles. The molecule has 3 aromatic rings. The average molecular weight is 456 g/mol. The molecule has 2 heterocycles. The molecule has 2 fully saturated rings. The van der Waals surface area contributed by atoms with E-state index in [1.54, 1.807) is 12.3 Å². The minimum Gasteiger partial charge on any atom is -0.496 e. The Morgan fingerprint density at radius 1 is 1.15 bits per heavy atom. The van der Waals surface area contributed by atoms with E-state index in [0.29, 0.717) is 41.8 Å². The number of rotatable bonds is 10. The molecule has 0 bridgehead atoms. The Labute approximate surface area is 190 Å². The number of methoxy groups -OCH3 is 1. The highest BCUT2D eigenvalue weighted by Crippen LogP contribution is 2.40. The van der Waals surface area contributed by atoms with Gasteiger partial charge in [0.2, 0.25) is 0 Å². The molecule has 0 spiro atoms. The molecule has 5 rings (SSSR count). The summed E-state index contributed by atoms with van der Waals surface area (Å²) in [4.78, 5) is 17.3. The molecule has 174 valence electrons. The van der Waals surface area contributed by atoms with Gasteiger partial charge in [-0.3, -0.25) is 9.20 Å². The molecule has 33 heavy (non-hydrogen) atoms. The number of pyridine rings is 1. The van der Waals surface area contributed by atoms with Crippen molar-refractivity contribution in [1.29, 1.82) is 0 Å². The number of hydrogen-bond acceptors (Lipinski definition) is 5. The summed E-state index contributed by atoms with van der Waals surface area (Å²) >= 11 is 0. The third-order valence-corrected chi connectivity index (χ3v) is 6.44. The van der Waals surface area contributed by atoms with Gasteiger partial charge in [0.15, 0.2) is 5.78 Å². The van der Waals surface area contributed by atoms with Gasteiger partial charge in [0, 0.05) is 24.2 Å². The number of ether oxygens (including phenoxy) is 3. The summed E-state index contributed by atoms with van der Waals surface area (Å²) in [6.07, 6.45) is 9.42. The van der Waals surface area contributed by atoms with Gasteiger partial charge in [0.25, 0.3) is 0 Å². The predicted molar refractivity (Wildman–Crippen MR) is 118 cm³/mol. The first kappa shape index (κ1) is 21.7. The maximum atomic E-state index is 13.2. The van der Waals surface area contributed by atoms with Crippen molar-refractivity contribution in [1.82, 2.24) is 9.38 Å². The van der Waals surface area contributed by atoms with Crippen LogP contribution < -0.4 is 14.2 Å². The van der Waals surface area contributed by atoms with E-state index < -0.39 is 6.61 Å². The predicted octanol–water partition coefficient (Wildman–Crippen LogP) is 5.77. The van der Waals surface area contributed by atoms with Gasteiger partial charge < -0.3 is 14.2 Å². The number of aromatic nitrogens is 2. The van der Waals surface area contributed by atoms with E-state index >= 15 is 0 Å². The molecule has 2 aliphatic rings. The normalized spacial score (nSPS) is 16.1. The lowest BCUT2D eigenvalue weighted by molar-refractivity contribution is -0.0502. The smallest absolute Gasteiger partial charge is 0.387 e. The van der Waals surface area contributed by atoms with Crippen LogP contribution in [0.15, 0.2) is 36.7 Å². The molecule has 2 aromatic heterocycles.